The van der Waals surface area contributed by atoms with E-state index in [2.05, 4.69) is 20.8 Å². The summed E-state index contributed by atoms with van der Waals surface area (Å²) >= 11 is 13.4. The molecule has 1 rings (SSSR count). The predicted molar refractivity (Wildman–Crippen MR) is 58.3 cm³/mol. The fourth-order valence-corrected chi connectivity index (χ4v) is 2.41. The van der Waals surface area contributed by atoms with Crippen LogP contribution < -0.4 is 0 Å². The van der Waals surface area contributed by atoms with Gasteiger partial charge in [-0.25, -0.2) is 0 Å². The van der Waals surface area contributed by atoms with Crippen molar-refractivity contribution in [2.45, 2.75) is 20.8 Å². The fourth-order valence-electron chi connectivity index (χ4n) is 0.803. The van der Waals surface area contributed by atoms with Crippen molar-refractivity contribution >= 4 is 40.1 Å². The first kappa shape index (κ1) is 10.1. The Hall–Kier alpha value is 0.0200. The second kappa shape index (κ2) is 3.82. The molecule has 0 fully saturated rings. The Bertz CT molecular complexity index is 319. The number of allylic oxidation sites excluding steroid dienone is 2. The molecule has 0 unspecified atom stereocenters. The molecule has 1 heterocycles. The molecule has 0 saturated heterocycles. The Morgan fingerprint density at radius 1 is 1.25 bits per heavy atom. The Balaban J connectivity index is 3.21. The summed E-state index contributed by atoms with van der Waals surface area (Å²) < 4.78 is 0. The van der Waals surface area contributed by atoms with E-state index < -0.39 is 0 Å². The van der Waals surface area contributed by atoms with Crippen molar-refractivity contribution in [1.82, 2.24) is 0 Å². The molecule has 0 aliphatic carbocycles. The number of hydrogen-bond acceptors (Lipinski definition) is 1. The summed E-state index contributed by atoms with van der Waals surface area (Å²) in [6, 6.07) is 0. The first-order valence-corrected chi connectivity index (χ1v) is 5.24. The summed E-state index contributed by atoms with van der Waals surface area (Å²) in [5.41, 5.74) is 2.49. The Kier molecular flexibility index (Phi) is 3.22. The maximum atomic E-state index is 5.99. The Labute approximate surface area is 86.8 Å². The molecule has 12 heavy (non-hydrogen) atoms. The van der Waals surface area contributed by atoms with Crippen molar-refractivity contribution < 1.29 is 0 Å². The third-order valence-corrected chi connectivity index (χ3v) is 3.91. The highest BCUT2D eigenvalue weighted by atomic mass is 35.5. The van der Waals surface area contributed by atoms with Crippen LogP contribution in [0.15, 0.2) is 11.0 Å². The van der Waals surface area contributed by atoms with E-state index in [9.17, 15) is 0 Å². The molecule has 1 aromatic rings. The van der Waals surface area contributed by atoms with Gasteiger partial charge in [0.05, 0.1) is 14.9 Å². The molecule has 0 bridgehead atoms. The molecule has 0 radical (unpaired) electrons. The van der Waals surface area contributed by atoms with E-state index in [-0.39, 0.29) is 0 Å². The Morgan fingerprint density at radius 2 is 1.83 bits per heavy atom. The van der Waals surface area contributed by atoms with Gasteiger partial charge in [-0.1, -0.05) is 28.8 Å². The van der Waals surface area contributed by atoms with Gasteiger partial charge in [-0.05, 0) is 26.3 Å². The highest BCUT2D eigenvalue weighted by Crippen LogP contribution is 2.37. The molecular weight excluding hydrogens is 211 g/mol. The van der Waals surface area contributed by atoms with Crippen molar-refractivity contribution in [3.05, 3.63) is 25.9 Å². The summed E-state index contributed by atoms with van der Waals surface area (Å²) in [5.74, 6) is 0. The molecule has 0 N–H and O–H groups in total. The van der Waals surface area contributed by atoms with Crippen LogP contribution >= 0.6 is 34.5 Å². The molecule has 0 spiro atoms. The predicted octanol–water partition coefficient (Wildman–Crippen LogP) is 4.87. The smallest absolute Gasteiger partial charge is 0.0775 e. The quantitative estimate of drug-likeness (QED) is 0.634. The number of rotatable bonds is 1. The average molecular weight is 221 g/mol. The van der Waals surface area contributed by atoms with E-state index in [0.29, 0.717) is 10.0 Å². The van der Waals surface area contributed by atoms with Crippen LogP contribution in [0, 0.1) is 0 Å². The van der Waals surface area contributed by atoms with Crippen molar-refractivity contribution in [3.8, 4) is 0 Å². The first-order valence-electron chi connectivity index (χ1n) is 3.61. The molecule has 0 aliphatic heterocycles. The maximum absolute atomic E-state index is 5.99. The van der Waals surface area contributed by atoms with Gasteiger partial charge in [0, 0.05) is 5.38 Å². The van der Waals surface area contributed by atoms with Crippen LogP contribution in [-0.2, 0) is 0 Å². The van der Waals surface area contributed by atoms with Crippen LogP contribution in [0.25, 0.3) is 5.57 Å². The molecule has 0 amide bonds. The largest absolute Gasteiger partial charge is 0.141 e. The second-order valence-corrected chi connectivity index (χ2v) is 4.52. The zero-order valence-corrected chi connectivity index (χ0v) is 9.57. The molecule has 0 aliphatic rings. The lowest BCUT2D eigenvalue weighted by atomic mass is 10.1. The van der Waals surface area contributed by atoms with Gasteiger partial charge in [0.15, 0.2) is 0 Å². The van der Waals surface area contributed by atoms with E-state index in [0.717, 1.165) is 4.88 Å². The Morgan fingerprint density at radius 3 is 2.17 bits per heavy atom. The molecule has 66 valence electrons. The number of halogens is 2. The van der Waals surface area contributed by atoms with Gasteiger partial charge in [-0.3, -0.25) is 0 Å². The number of hydrogen-bond donors (Lipinski definition) is 0. The summed E-state index contributed by atoms with van der Waals surface area (Å²) in [7, 11) is 0. The third kappa shape index (κ3) is 1.85. The third-order valence-electron chi connectivity index (χ3n) is 1.78. The van der Waals surface area contributed by atoms with E-state index in [1.54, 1.807) is 11.3 Å². The molecule has 0 saturated carbocycles. The van der Waals surface area contributed by atoms with Crippen molar-refractivity contribution in [1.29, 1.82) is 0 Å². The van der Waals surface area contributed by atoms with Gasteiger partial charge in [0.2, 0.25) is 0 Å². The van der Waals surface area contributed by atoms with Crippen LogP contribution in [0.5, 0.6) is 0 Å². The highest BCUT2D eigenvalue weighted by Gasteiger charge is 2.09. The minimum atomic E-state index is 0.650. The normalized spacial score (nSPS) is 10.1. The van der Waals surface area contributed by atoms with Crippen LogP contribution in [-0.4, -0.2) is 0 Å². The van der Waals surface area contributed by atoms with Gasteiger partial charge in [0.1, 0.15) is 0 Å². The van der Waals surface area contributed by atoms with Gasteiger partial charge in [-0.2, -0.15) is 0 Å². The van der Waals surface area contributed by atoms with E-state index >= 15 is 0 Å². The lowest BCUT2D eigenvalue weighted by molar-refractivity contribution is 1.38. The van der Waals surface area contributed by atoms with E-state index in [1.807, 2.05) is 5.38 Å². The van der Waals surface area contributed by atoms with Gasteiger partial charge in [-0.15, -0.1) is 11.3 Å². The van der Waals surface area contributed by atoms with Crippen molar-refractivity contribution in [3.63, 3.8) is 0 Å². The van der Waals surface area contributed by atoms with E-state index in [1.165, 1.54) is 11.1 Å². The standard InChI is InChI=1S/C9H10Cl2S/c1-5(2)6(3)9-8(11)7(10)4-12-9/h4H,1-3H3. The minimum Gasteiger partial charge on any atom is -0.141 e. The topological polar surface area (TPSA) is 0 Å². The molecule has 0 nitrogen and oxygen atoms in total. The van der Waals surface area contributed by atoms with Crippen LogP contribution in [0.1, 0.15) is 25.6 Å². The van der Waals surface area contributed by atoms with Gasteiger partial charge >= 0.3 is 0 Å². The first-order chi connectivity index (χ1) is 5.54. The summed E-state index contributed by atoms with van der Waals surface area (Å²) in [5, 5.41) is 3.20. The van der Waals surface area contributed by atoms with Crippen LogP contribution in [0.4, 0.5) is 0 Å². The van der Waals surface area contributed by atoms with Crippen molar-refractivity contribution in [2.75, 3.05) is 0 Å². The molecule has 0 atom stereocenters. The summed E-state index contributed by atoms with van der Waals surface area (Å²) in [6.45, 7) is 6.20. The summed E-state index contributed by atoms with van der Waals surface area (Å²) in [6.07, 6.45) is 0. The van der Waals surface area contributed by atoms with Crippen molar-refractivity contribution in [2.24, 2.45) is 0 Å². The second-order valence-electron chi connectivity index (χ2n) is 2.85. The highest BCUT2D eigenvalue weighted by molar-refractivity contribution is 7.12. The molecule has 1 aromatic heterocycles. The lowest BCUT2D eigenvalue weighted by Gasteiger charge is -2.00. The molecule has 3 heteroatoms. The van der Waals surface area contributed by atoms with Gasteiger partial charge in [0.25, 0.3) is 0 Å². The SMILES string of the molecule is CC(C)=C(C)c1scc(Cl)c1Cl. The average Bonchev–Trinajstić information content (AvgIpc) is 2.32. The fraction of sp³-hybridized carbons (Fsp3) is 0.333. The maximum Gasteiger partial charge on any atom is 0.0775 e. The zero-order chi connectivity index (χ0) is 9.30. The molecule has 0 aromatic carbocycles. The minimum absolute atomic E-state index is 0.650. The van der Waals surface area contributed by atoms with E-state index in [4.69, 9.17) is 23.2 Å². The molecular formula is C9H10Cl2S. The number of thiophene rings is 1. The lowest BCUT2D eigenvalue weighted by Crippen LogP contribution is -1.77. The van der Waals surface area contributed by atoms with Crippen LogP contribution in [0.2, 0.25) is 10.0 Å². The zero-order valence-electron chi connectivity index (χ0n) is 7.24. The van der Waals surface area contributed by atoms with Gasteiger partial charge < -0.3 is 0 Å². The van der Waals surface area contributed by atoms with Crippen LogP contribution in [0.3, 0.4) is 0 Å². The monoisotopic (exact) mass is 220 g/mol. The summed E-state index contributed by atoms with van der Waals surface area (Å²) in [4.78, 5) is 1.08.